The van der Waals surface area contributed by atoms with E-state index >= 15 is 0 Å². The van der Waals surface area contributed by atoms with E-state index < -0.39 is 0 Å². The Hall–Kier alpha value is -3.36. The van der Waals surface area contributed by atoms with Crippen molar-refractivity contribution < 1.29 is 4.74 Å². The highest BCUT2D eigenvalue weighted by atomic mass is 35.5. The molecule has 4 aromatic rings. The van der Waals surface area contributed by atoms with Gasteiger partial charge >= 0.3 is 0 Å². The third-order valence-corrected chi connectivity index (χ3v) is 6.65. The molecule has 37 heavy (non-hydrogen) atoms. The summed E-state index contributed by atoms with van der Waals surface area (Å²) in [5, 5.41) is 4.68. The van der Waals surface area contributed by atoms with Gasteiger partial charge in [0, 0.05) is 71.5 Å². The van der Waals surface area contributed by atoms with Crippen molar-refractivity contribution in [3.8, 4) is 22.4 Å². The Bertz CT molecular complexity index is 1440. The molecule has 8 nitrogen and oxygen atoms in total. The quantitative estimate of drug-likeness (QED) is 0.246. The van der Waals surface area contributed by atoms with Crippen LogP contribution in [-0.4, -0.2) is 43.8 Å². The molecule has 0 saturated carbocycles. The van der Waals surface area contributed by atoms with E-state index in [2.05, 4.69) is 27.2 Å². The van der Waals surface area contributed by atoms with Gasteiger partial charge < -0.3 is 10.1 Å². The van der Waals surface area contributed by atoms with Crippen molar-refractivity contribution >= 4 is 28.6 Å². The number of nitrogens with zero attached hydrogens (tertiary/aromatic N) is 5. The summed E-state index contributed by atoms with van der Waals surface area (Å²) in [7, 11) is 0. The lowest BCUT2D eigenvalue weighted by molar-refractivity contribution is 0.140. The molecule has 0 spiro atoms. The average Bonchev–Trinajstić information content (AvgIpc) is 2.89. The van der Waals surface area contributed by atoms with E-state index in [1.54, 1.807) is 23.2 Å². The maximum absolute atomic E-state index is 13.6. The van der Waals surface area contributed by atoms with Crippen LogP contribution in [0, 0.1) is 6.92 Å². The molecule has 3 aromatic heterocycles. The lowest BCUT2D eigenvalue weighted by atomic mass is 10.0. The summed E-state index contributed by atoms with van der Waals surface area (Å²) in [6, 6.07) is 7.62. The van der Waals surface area contributed by atoms with E-state index in [1.165, 1.54) is 0 Å². The number of pyridine rings is 1. The van der Waals surface area contributed by atoms with Crippen molar-refractivity contribution in [3.63, 3.8) is 0 Å². The summed E-state index contributed by atoms with van der Waals surface area (Å²) in [4.78, 5) is 31.6. The number of aromatic nitrogens is 5. The SMILES string of the molecule is CCCC(CCOCC)Nc1ncc2cc(-c3ccc(-c4nccnc4C)cc3Cl)c(=O)n(CC)c2n1. The molecule has 0 aliphatic heterocycles. The Morgan fingerprint density at radius 1 is 1.05 bits per heavy atom. The van der Waals surface area contributed by atoms with Crippen molar-refractivity contribution in [2.75, 3.05) is 18.5 Å². The van der Waals surface area contributed by atoms with Gasteiger partial charge in [-0.3, -0.25) is 19.3 Å². The zero-order chi connectivity index (χ0) is 26.4. The van der Waals surface area contributed by atoms with Gasteiger partial charge in [0.15, 0.2) is 0 Å². The zero-order valence-electron chi connectivity index (χ0n) is 21.8. The van der Waals surface area contributed by atoms with E-state index in [9.17, 15) is 4.79 Å². The maximum Gasteiger partial charge on any atom is 0.260 e. The van der Waals surface area contributed by atoms with Crippen LogP contribution in [0.5, 0.6) is 0 Å². The van der Waals surface area contributed by atoms with Crippen LogP contribution in [0.1, 0.15) is 45.7 Å². The van der Waals surface area contributed by atoms with Crippen LogP contribution in [0.25, 0.3) is 33.4 Å². The maximum atomic E-state index is 13.6. The Labute approximate surface area is 222 Å². The van der Waals surface area contributed by atoms with Gasteiger partial charge in [0.1, 0.15) is 5.65 Å². The van der Waals surface area contributed by atoms with Crippen LogP contribution in [0.3, 0.4) is 0 Å². The first-order chi connectivity index (χ1) is 18.0. The van der Waals surface area contributed by atoms with Gasteiger partial charge in [-0.1, -0.05) is 37.1 Å². The van der Waals surface area contributed by atoms with Gasteiger partial charge in [0.05, 0.1) is 11.4 Å². The Morgan fingerprint density at radius 2 is 1.86 bits per heavy atom. The minimum atomic E-state index is -0.147. The van der Waals surface area contributed by atoms with Crippen LogP contribution < -0.4 is 10.9 Å². The summed E-state index contributed by atoms with van der Waals surface area (Å²) in [6.07, 6.45) is 7.96. The molecule has 3 heterocycles. The van der Waals surface area contributed by atoms with E-state index in [-0.39, 0.29) is 11.6 Å². The minimum Gasteiger partial charge on any atom is -0.382 e. The molecular weight excluding hydrogens is 488 g/mol. The molecule has 9 heteroatoms. The van der Waals surface area contributed by atoms with Crippen molar-refractivity contribution in [1.82, 2.24) is 24.5 Å². The molecular formula is C28H33ClN6O2. The van der Waals surface area contributed by atoms with Crippen LogP contribution in [0.2, 0.25) is 5.02 Å². The number of rotatable bonds is 11. The van der Waals surface area contributed by atoms with Crippen LogP contribution >= 0.6 is 11.6 Å². The molecule has 0 aliphatic rings. The zero-order valence-corrected chi connectivity index (χ0v) is 22.5. The number of anilines is 1. The molecule has 1 atom stereocenters. The molecule has 4 rings (SSSR count). The molecule has 0 amide bonds. The molecule has 0 saturated heterocycles. The predicted octanol–water partition coefficient (Wildman–Crippen LogP) is 5.90. The van der Waals surface area contributed by atoms with Gasteiger partial charge in [-0.05, 0) is 45.7 Å². The Morgan fingerprint density at radius 3 is 2.57 bits per heavy atom. The smallest absolute Gasteiger partial charge is 0.260 e. The molecule has 1 N–H and O–H groups in total. The third kappa shape index (κ3) is 5.97. The fourth-order valence-electron chi connectivity index (χ4n) is 4.48. The third-order valence-electron chi connectivity index (χ3n) is 6.34. The average molecular weight is 521 g/mol. The highest BCUT2D eigenvalue weighted by molar-refractivity contribution is 6.33. The lowest BCUT2D eigenvalue weighted by Crippen LogP contribution is -2.25. The number of aryl methyl sites for hydroxylation is 2. The Kier molecular flexibility index (Phi) is 8.84. The fourth-order valence-corrected chi connectivity index (χ4v) is 4.76. The summed E-state index contributed by atoms with van der Waals surface area (Å²) < 4.78 is 7.20. The second-order valence-electron chi connectivity index (χ2n) is 8.88. The largest absolute Gasteiger partial charge is 0.382 e. The second kappa shape index (κ2) is 12.3. The van der Waals surface area contributed by atoms with E-state index in [0.717, 1.165) is 41.6 Å². The topological polar surface area (TPSA) is 94.8 Å². The number of fused-ring (bicyclic) bond motifs is 1. The van der Waals surface area contributed by atoms with Crippen molar-refractivity contribution in [3.05, 3.63) is 63.9 Å². The molecule has 0 bridgehead atoms. The molecule has 0 radical (unpaired) electrons. The second-order valence-corrected chi connectivity index (χ2v) is 9.29. The number of hydrogen-bond acceptors (Lipinski definition) is 7. The molecule has 1 aromatic carbocycles. The number of hydrogen-bond donors (Lipinski definition) is 1. The van der Waals surface area contributed by atoms with Gasteiger partial charge in [0.25, 0.3) is 5.56 Å². The highest BCUT2D eigenvalue weighted by Crippen LogP contribution is 2.32. The van der Waals surface area contributed by atoms with Gasteiger partial charge in [-0.25, -0.2) is 4.98 Å². The fraction of sp³-hybridized carbons (Fsp3) is 0.393. The monoisotopic (exact) mass is 520 g/mol. The summed E-state index contributed by atoms with van der Waals surface area (Å²) in [5.41, 5.74) is 4.03. The summed E-state index contributed by atoms with van der Waals surface area (Å²) >= 11 is 6.70. The predicted molar refractivity (Wildman–Crippen MR) is 149 cm³/mol. The van der Waals surface area contributed by atoms with Crippen molar-refractivity contribution in [1.29, 1.82) is 0 Å². The van der Waals surface area contributed by atoms with E-state index in [1.807, 2.05) is 45.0 Å². The standard InChI is InChI=1S/C28H33ClN6O2/c1-5-8-21(11-14-37-7-3)33-28-32-17-20-15-23(27(36)35(6-2)26(20)34-28)22-10-9-19(16-24(22)29)25-18(4)30-12-13-31-25/h9-10,12-13,15-17,21H,5-8,11,14H2,1-4H3,(H,32,33,34). The molecule has 0 aliphatic carbocycles. The number of nitrogens with one attached hydrogen (secondary N) is 1. The number of halogens is 1. The minimum absolute atomic E-state index is 0.147. The molecule has 1 unspecified atom stereocenters. The molecule has 194 valence electrons. The Balaban J connectivity index is 1.70. The van der Waals surface area contributed by atoms with E-state index in [0.29, 0.717) is 47.5 Å². The summed E-state index contributed by atoms with van der Waals surface area (Å²) in [5.74, 6) is 0.513. The van der Waals surface area contributed by atoms with Crippen LogP contribution in [0.15, 0.2) is 47.7 Å². The van der Waals surface area contributed by atoms with Crippen LogP contribution in [-0.2, 0) is 11.3 Å². The van der Waals surface area contributed by atoms with Gasteiger partial charge in [-0.15, -0.1) is 0 Å². The number of ether oxygens (including phenoxy) is 1. The van der Waals surface area contributed by atoms with Gasteiger partial charge in [-0.2, -0.15) is 4.98 Å². The molecule has 0 fully saturated rings. The lowest BCUT2D eigenvalue weighted by Gasteiger charge is -2.19. The summed E-state index contributed by atoms with van der Waals surface area (Å²) in [6.45, 7) is 9.83. The van der Waals surface area contributed by atoms with Crippen molar-refractivity contribution in [2.45, 2.75) is 59.5 Å². The first kappa shape index (κ1) is 26.7. The first-order valence-electron chi connectivity index (χ1n) is 12.8. The van der Waals surface area contributed by atoms with Crippen molar-refractivity contribution in [2.24, 2.45) is 0 Å². The van der Waals surface area contributed by atoms with Crippen LogP contribution in [0.4, 0.5) is 5.95 Å². The van der Waals surface area contributed by atoms with Gasteiger partial charge in [0.2, 0.25) is 5.95 Å². The van der Waals surface area contributed by atoms with E-state index in [4.69, 9.17) is 21.3 Å². The highest BCUT2D eigenvalue weighted by Gasteiger charge is 2.17. The normalized spacial score (nSPS) is 12.1. The number of benzene rings is 1. The first-order valence-corrected chi connectivity index (χ1v) is 13.2.